The van der Waals surface area contributed by atoms with E-state index in [0.29, 0.717) is 12.1 Å². The third-order valence-corrected chi connectivity index (χ3v) is 6.87. The van der Waals surface area contributed by atoms with Gasteiger partial charge in [-0.2, -0.15) is 10.4 Å². The average Bonchev–Trinajstić information content (AvgIpc) is 3.34. The van der Waals surface area contributed by atoms with Crippen LogP contribution in [0.1, 0.15) is 47.6 Å². The highest BCUT2D eigenvalue weighted by Gasteiger charge is 2.24. The zero-order chi connectivity index (χ0) is 25.2. The lowest BCUT2D eigenvalue weighted by molar-refractivity contribution is 0.0940. The number of aromatic nitrogens is 2. The Labute approximate surface area is 206 Å². The molecule has 0 spiro atoms. The van der Waals surface area contributed by atoms with E-state index >= 15 is 0 Å². The Morgan fingerprint density at radius 3 is 2.50 bits per heavy atom. The number of nitrogens with one attached hydrogen (secondary N) is 1. The summed E-state index contributed by atoms with van der Waals surface area (Å²) in [5.41, 5.74) is 3.35. The smallest absolute Gasteiger partial charge is 0.251 e. The summed E-state index contributed by atoms with van der Waals surface area (Å²) in [4.78, 5) is 12.3. The fourth-order valence-corrected chi connectivity index (χ4v) is 4.82. The number of benzene rings is 3. The molecule has 3 aromatic carbocycles. The molecule has 5 rings (SSSR count). The monoisotopic (exact) mass is 486 g/mol. The maximum Gasteiger partial charge on any atom is 0.251 e. The number of nitrogens with zero attached hydrogens (tertiary/aromatic N) is 3. The van der Waals surface area contributed by atoms with Gasteiger partial charge in [0.2, 0.25) is 0 Å². The van der Waals surface area contributed by atoms with Gasteiger partial charge in [0, 0.05) is 23.7 Å². The average molecular weight is 487 g/mol. The van der Waals surface area contributed by atoms with Crippen molar-refractivity contribution in [3.05, 3.63) is 83.6 Å². The van der Waals surface area contributed by atoms with Crippen LogP contribution in [0.25, 0.3) is 22.0 Å². The zero-order valence-electron chi connectivity index (χ0n) is 19.4. The molecular weight excluding hydrogens is 462 g/mol. The zero-order valence-corrected chi connectivity index (χ0v) is 19.4. The van der Waals surface area contributed by atoms with Crippen molar-refractivity contribution in [2.45, 2.75) is 31.7 Å². The van der Waals surface area contributed by atoms with Crippen LogP contribution in [-0.2, 0) is 0 Å². The lowest BCUT2D eigenvalue weighted by atomic mass is 9.86. The summed E-state index contributed by atoms with van der Waals surface area (Å²) >= 11 is 0. The number of carbonyl (C=O) groups is 1. The van der Waals surface area contributed by atoms with Gasteiger partial charge in [-0.05, 0) is 73.1 Å². The maximum atomic E-state index is 13.5. The van der Waals surface area contributed by atoms with E-state index in [-0.39, 0.29) is 17.5 Å². The first-order valence-corrected chi connectivity index (χ1v) is 11.9. The van der Waals surface area contributed by atoms with Gasteiger partial charge < -0.3 is 10.4 Å². The highest BCUT2D eigenvalue weighted by molar-refractivity contribution is 5.94. The summed E-state index contributed by atoms with van der Waals surface area (Å²) in [5.74, 6) is -3.70. The molecule has 8 heteroatoms. The number of hydrogen-bond acceptors (Lipinski definition) is 4. The van der Waals surface area contributed by atoms with Crippen molar-refractivity contribution in [2.75, 3.05) is 6.54 Å². The van der Waals surface area contributed by atoms with Crippen molar-refractivity contribution < 1.29 is 18.7 Å². The fraction of sp³-hybridized carbons (Fsp3) is 0.250. The molecule has 2 N–H and O–H groups in total. The first-order chi connectivity index (χ1) is 17.4. The van der Waals surface area contributed by atoms with E-state index < -0.39 is 23.3 Å². The normalized spacial score (nSPS) is 17.6. The number of phenols is 1. The number of rotatable bonds is 5. The second kappa shape index (κ2) is 9.78. The second-order valence-electron chi connectivity index (χ2n) is 9.25. The molecule has 0 aliphatic heterocycles. The van der Waals surface area contributed by atoms with Gasteiger partial charge in [-0.15, -0.1) is 0 Å². The topological polar surface area (TPSA) is 90.9 Å². The first kappa shape index (κ1) is 23.5. The van der Waals surface area contributed by atoms with E-state index in [4.69, 9.17) is 10.4 Å². The summed E-state index contributed by atoms with van der Waals surface area (Å²) in [6.07, 6.45) is 5.67. The molecule has 0 saturated heterocycles. The van der Waals surface area contributed by atoms with E-state index in [0.717, 1.165) is 59.8 Å². The van der Waals surface area contributed by atoms with Gasteiger partial charge in [0.05, 0.1) is 23.2 Å². The second-order valence-corrected chi connectivity index (χ2v) is 9.25. The van der Waals surface area contributed by atoms with Crippen LogP contribution < -0.4 is 5.32 Å². The molecule has 4 aromatic rings. The lowest BCUT2D eigenvalue weighted by Gasteiger charge is -2.28. The van der Waals surface area contributed by atoms with Crippen molar-refractivity contribution in [3.8, 4) is 22.9 Å². The van der Waals surface area contributed by atoms with Crippen LogP contribution in [0, 0.1) is 28.9 Å². The van der Waals surface area contributed by atoms with Crippen molar-refractivity contribution >= 4 is 16.8 Å². The Morgan fingerprint density at radius 2 is 1.78 bits per heavy atom. The molecule has 1 aliphatic rings. The minimum atomic E-state index is -1.16. The third-order valence-electron chi connectivity index (χ3n) is 6.87. The highest BCUT2D eigenvalue weighted by atomic mass is 19.1. The van der Waals surface area contributed by atoms with Gasteiger partial charge in [-0.1, -0.05) is 24.3 Å². The molecule has 0 radical (unpaired) electrons. The van der Waals surface area contributed by atoms with Gasteiger partial charge in [0.1, 0.15) is 0 Å². The predicted octanol–water partition coefficient (Wildman–Crippen LogP) is 5.72. The summed E-state index contributed by atoms with van der Waals surface area (Å²) in [5, 5.41) is 27.0. The minimum absolute atomic E-state index is 0.154. The maximum absolute atomic E-state index is 13.5. The largest absolute Gasteiger partial charge is 0.503 e. The number of halogens is 2. The van der Waals surface area contributed by atoms with Crippen molar-refractivity contribution in [1.82, 2.24) is 15.1 Å². The minimum Gasteiger partial charge on any atom is -0.503 e. The lowest BCUT2D eigenvalue weighted by Crippen LogP contribution is -2.31. The summed E-state index contributed by atoms with van der Waals surface area (Å²) < 4.78 is 29.1. The Hall–Kier alpha value is -4.25. The number of carbonyl (C=O) groups excluding carboxylic acids is 1. The molecule has 182 valence electrons. The Kier molecular flexibility index (Phi) is 6.38. The van der Waals surface area contributed by atoms with Crippen LogP contribution >= 0.6 is 0 Å². The fourth-order valence-electron chi connectivity index (χ4n) is 4.82. The standard InChI is InChI=1S/C28H24F2N4O2/c29-24-11-22(12-25(30)27(24)35)28(36)32-15-17-4-8-23(9-5-17)34-16-21-7-6-20(13-26(21)33-34)19-3-1-2-18(10-19)14-31/h1-3,6-7,10-13,16-17,23,35H,4-5,8-9,15H2,(H,32,36). The molecule has 1 saturated carbocycles. The van der Waals surface area contributed by atoms with Gasteiger partial charge in [0.25, 0.3) is 5.91 Å². The summed E-state index contributed by atoms with van der Waals surface area (Å²) in [6.45, 7) is 0.419. The number of fused-ring (bicyclic) bond motifs is 1. The summed E-state index contributed by atoms with van der Waals surface area (Å²) in [6, 6.07) is 17.7. The Morgan fingerprint density at radius 1 is 1.06 bits per heavy atom. The van der Waals surface area contributed by atoms with E-state index in [1.54, 1.807) is 6.07 Å². The molecule has 0 unspecified atom stereocenters. The van der Waals surface area contributed by atoms with Crippen LogP contribution in [0.15, 0.2) is 60.8 Å². The van der Waals surface area contributed by atoms with Crippen LogP contribution in [0.3, 0.4) is 0 Å². The van der Waals surface area contributed by atoms with Crippen molar-refractivity contribution in [1.29, 1.82) is 5.26 Å². The van der Waals surface area contributed by atoms with Crippen molar-refractivity contribution in [3.63, 3.8) is 0 Å². The van der Waals surface area contributed by atoms with E-state index in [9.17, 15) is 18.7 Å². The molecule has 6 nitrogen and oxygen atoms in total. The number of phenolic OH excluding ortho intramolecular Hbond substituents is 1. The molecule has 1 aliphatic carbocycles. The predicted molar refractivity (Wildman–Crippen MR) is 131 cm³/mol. The van der Waals surface area contributed by atoms with Gasteiger partial charge in [0.15, 0.2) is 17.4 Å². The van der Waals surface area contributed by atoms with Gasteiger partial charge in [-0.25, -0.2) is 8.78 Å². The van der Waals surface area contributed by atoms with Crippen LogP contribution in [0.5, 0.6) is 5.75 Å². The molecule has 1 amide bonds. The number of hydrogen-bond donors (Lipinski definition) is 2. The number of aromatic hydroxyl groups is 1. The Balaban J connectivity index is 1.20. The molecule has 0 atom stereocenters. The van der Waals surface area contributed by atoms with Crippen LogP contribution in [0.2, 0.25) is 0 Å². The van der Waals surface area contributed by atoms with Gasteiger partial charge >= 0.3 is 0 Å². The summed E-state index contributed by atoms with van der Waals surface area (Å²) in [7, 11) is 0. The molecule has 0 bridgehead atoms. The highest BCUT2D eigenvalue weighted by Crippen LogP contribution is 2.33. The molecular formula is C28H24F2N4O2. The Bertz CT molecular complexity index is 1460. The molecule has 36 heavy (non-hydrogen) atoms. The van der Waals surface area contributed by atoms with E-state index in [2.05, 4.69) is 17.6 Å². The van der Waals surface area contributed by atoms with E-state index in [1.165, 1.54) is 0 Å². The SMILES string of the molecule is N#Cc1cccc(-c2ccc3cn(C4CCC(CNC(=O)c5cc(F)c(O)c(F)c5)CC4)nc3c2)c1. The molecule has 1 aromatic heterocycles. The number of amides is 1. The van der Waals surface area contributed by atoms with Crippen molar-refractivity contribution in [2.24, 2.45) is 5.92 Å². The van der Waals surface area contributed by atoms with Crippen LogP contribution in [-0.4, -0.2) is 27.3 Å². The number of nitriles is 1. The molecule has 1 heterocycles. The van der Waals surface area contributed by atoms with Crippen LogP contribution in [0.4, 0.5) is 8.78 Å². The first-order valence-electron chi connectivity index (χ1n) is 11.9. The third kappa shape index (κ3) is 4.78. The molecule has 1 fully saturated rings. The van der Waals surface area contributed by atoms with Gasteiger partial charge in [-0.3, -0.25) is 9.48 Å². The van der Waals surface area contributed by atoms with E-state index in [1.807, 2.05) is 41.1 Å². The quantitative estimate of drug-likeness (QED) is 0.378.